The minimum atomic E-state index is -0.472. The molecule has 0 unspecified atom stereocenters. The van der Waals surface area contributed by atoms with Crippen molar-refractivity contribution in [2.24, 2.45) is 0 Å². The number of nitrogens with one attached hydrogen (secondary N) is 2. The average Bonchev–Trinajstić information content (AvgIpc) is 2.98. The predicted octanol–water partition coefficient (Wildman–Crippen LogP) is -0.00600. The van der Waals surface area contributed by atoms with Crippen molar-refractivity contribution in [1.29, 1.82) is 0 Å². The summed E-state index contributed by atoms with van der Waals surface area (Å²) in [5.41, 5.74) is 0. The van der Waals surface area contributed by atoms with Crippen molar-refractivity contribution < 1.29 is 18.8 Å². The molecule has 0 atom stereocenters. The van der Waals surface area contributed by atoms with Crippen molar-refractivity contribution in [2.75, 3.05) is 26.2 Å². The fraction of sp³-hybridized carbons (Fsp3) is 0.462. The molecule has 1 aromatic heterocycles. The van der Waals surface area contributed by atoms with E-state index in [1.54, 1.807) is 11.0 Å². The third-order valence-electron chi connectivity index (χ3n) is 2.71. The first-order valence-corrected chi connectivity index (χ1v) is 6.44. The standard InChI is InChI=1S/C13H19N3O4/c1-3-16(4-2)12(18)9-14-11(17)8-15-13(19)10-6-5-7-20-10/h5-7H,3-4,8-9H2,1-2H3,(H,14,17)(H,15,19). The van der Waals surface area contributed by atoms with Gasteiger partial charge >= 0.3 is 0 Å². The molecule has 0 aliphatic carbocycles. The Hall–Kier alpha value is -2.31. The summed E-state index contributed by atoms with van der Waals surface area (Å²) in [5, 5.41) is 4.85. The Morgan fingerprint density at radius 1 is 1.15 bits per heavy atom. The van der Waals surface area contributed by atoms with Crippen molar-refractivity contribution in [3.63, 3.8) is 0 Å². The summed E-state index contributed by atoms with van der Waals surface area (Å²) < 4.78 is 4.88. The first-order valence-electron chi connectivity index (χ1n) is 6.44. The van der Waals surface area contributed by atoms with Crippen molar-refractivity contribution in [2.45, 2.75) is 13.8 Å². The molecule has 0 radical (unpaired) electrons. The van der Waals surface area contributed by atoms with Crippen LogP contribution in [0.4, 0.5) is 0 Å². The number of nitrogens with zero attached hydrogens (tertiary/aromatic N) is 1. The van der Waals surface area contributed by atoms with Gasteiger partial charge in [0.05, 0.1) is 19.4 Å². The van der Waals surface area contributed by atoms with Crippen molar-refractivity contribution in [1.82, 2.24) is 15.5 Å². The third-order valence-corrected chi connectivity index (χ3v) is 2.71. The molecule has 7 heteroatoms. The highest BCUT2D eigenvalue weighted by Crippen LogP contribution is 1.98. The molecule has 110 valence electrons. The summed E-state index contributed by atoms with van der Waals surface area (Å²) in [6, 6.07) is 3.08. The van der Waals surface area contributed by atoms with Gasteiger partial charge in [-0.3, -0.25) is 14.4 Å². The maximum absolute atomic E-state index is 11.6. The molecule has 1 rings (SSSR count). The van der Waals surface area contributed by atoms with E-state index in [0.717, 1.165) is 0 Å². The predicted molar refractivity (Wildman–Crippen MR) is 72.0 cm³/mol. The molecular weight excluding hydrogens is 262 g/mol. The number of hydrogen-bond acceptors (Lipinski definition) is 4. The van der Waals surface area contributed by atoms with Gasteiger partial charge in [0.2, 0.25) is 11.8 Å². The Morgan fingerprint density at radius 3 is 2.40 bits per heavy atom. The van der Waals surface area contributed by atoms with Crippen molar-refractivity contribution in [3.8, 4) is 0 Å². The van der Waals surface area contributed by atoms with Crippen molar-refractivity contribution in [3.05, 3.63) is 24.2 Å². The van der Waals surface area contributed by atoms with Gasteiger partial charge in [0, 0.05) is 13.1 Å². The van der Waals surface area contributed by atoms with Crippen LogP contribution in [-0.2, 0) is 9.59 Å². The lowest BCUT2D eigenvalue weighted by atomic mass is 10.4. The fourth-order valence-corrected chi connectivity index (χ4v) is 1.58. The molecule has 1 heterocycles. The van der Waals surface area contributed by atoms with E-state index in [1.165, 1.54) is 12.3 Å². The number of rotatable bonds is 7. The van der Waals surface area contributed by atoms with Crippen LogP contribution < -0.4 is 10.6 Å². The van der Waals surface area contributed by atoms with E-state index in [4.69, 9.17) is 4.42 Å². The first-order chi connectivity index (χ1) is 9.58. The van der Waals surface area contributed by atoms with Crippen LogP contribution in [0.15, 0.2) is 22.8 Å². The van der Waals surface area contributed by atoms with Gasteiger partial charge in [0.1, 0.15) is 0 Å². The molecule has 3 amide bonds. The van der Waals surface area contributed by atoms with Crippen molar-refractivity contribution >= 4 is 17.7 Å². The molecule has 0 spiro atoms. The van der Waals surface area contributed by atoms with E-state index in [-0.39, 0.29) is 24.8 Å². The maximum atomic E-state index is 11.6. The van der Waals surface area contributed by atoms with E-state index in [1.807, 2.05) is 13.8 Å². The Bertz CT molecular complexity index is 452. The molecule has 0 saturated carbocycles. The lowest BCUT2D eigenvalue weighted by Gasteiger charge is -2.18. The highest BCUT2D eigenvalue weighted by atomic mass is 16.3. The molecule has 1 aromatic rings. The van der Waals surface area contributed by atoms with Crippen LogP contribution in [0.1, 0.15) is 24.4 Å². The van der Waals surface area contributed by atoms with Gasteiger partial charge in [-0.05, 0) is 26.0 Å². The molecule has 2 N–H and O–H groups in total. The van der Waals surface area contributed by atoms with E-state index >= 15 is 0 Å². The normalized spacial score (nSPS) is 9.90. The zero-order valence-electron chi connectivity index (χ0n) is 11.6. The molecule has 0 bridgehead atoms. The summed E-state index contributed by atoms with van der Waals surface area (Å²) in [7, 11) is 0. The van der Waals surface area contributed by atoms with Crippen LogP contribution in [-0.4, -0.2) is 48.8 Å². The van der Waals surface area contributed by atoms with Crippen LogP contribution in [0.25, 0.3) is 0 Å². The van der Waals surface area contributed by atoms with Crippen LogP contribution in [0.3, 0.4) is 0 Å². The lowest BCUT2D eigenvalue weighted by molar-refractivity contribution is -0.132. The number of likely N-dealkylation sites (N-methyl/N-ethyl adjacent to an activating group) is 1. The zero-order valence-corrected chi connectivity index (χ0v) is 11.6. The molecule has 0 aliphatic rings. The number of furan rings is 1. The van der Waals surface area contributed by atoms with Crippen LogP contribution in [0.5, 0.6) is 0 Å². The topological polar surface area (TPSA) is 91.7 Å². The van der Waals surface area contributed by atoms with Crippen LogP contribution in [0, 0.1) is 0 Å². The van der Waals surface area contributed by atoms with Gasteiger partial charge in [0.15, 0.2) is 5.76 Å². The van der Waals surface area contributed by atoms with Crippen LogP contribution >= 0.6 is 0 Å². The highest BCUT2D eigenvalue weighted by molar-refractivity contribution is 5.94. The van der Waals surface area contributed by atoms with E-state index < -0.39 is 11.8 Å². The second-order valence-electron chi connectivity index (χ2n) is 4.00. The number of hydrogen-bond donors (Lipinski definition) is 2. The Labute approximate surface area is 117 Å². The summed E-state index contributed by atoms with van der Waals surface area (Å²) in [5.74, 6) is -0.914. The van der Waals surface area contributed by atoms with Gasteiger partial charge in [-0.2, -0.15) is 0 Å². The van der Waals surface area contributed by atoms with Gasteiger partial charge in [-0.25, -0.2) is 0 Å². The Balaban J connectivity index is 2.27. The van der Waals surface area contributed by atoms with E-state index in [2.05, 4.69) is 10.6 Å². The molecule has 7 nitrogen and oxygen atoms in total. The van der Waals surface area contributed by atoms with Crippen LogP contribution in [0.2, 0.25) is 0 Å². The molecule has 20 heavy (non-hydrogen) atoms. The molecular formula is C13H19N3O4. The number of amides is 3. The van der Waals surface area contributed by atoms with Gasteiger partial charge in [-0.1, -0.05) is 0 Å². The van der Waals surface area contributed by atoms with Gasteiger partial charge < -0.3 is 20.0 Å². The SMILES string of the molecule is CCN(CC)C(=O)CNC(=O)CNC(=O)c1ccco1. The smallest absolute Gasteiger partial charge is 0.287 e. The average molecular weight is 281 g/mol. The monoisotopic (exact) mass is 281 g/mol. The summed E-state index contributed by atoms with van der Waals surface area (Å²) >= 11 is 0. The molecule has 0 aromatic carbocycles. The molecule has 0 saturated heterocycles. The minimum absolute atomic E-state index is 0.0723. The zero-order chi connectivity index (χ0) is 15.0. The van der Waals surface area contributed by atoms with E-state index in [0.29, 0.717) is 13.1 Å². The maximum Gasteiger partial charge on any atom is 0.287 e. The van der Waals surface area contributed by atoms with Gasteiger partial charge in [-0.15, -0.1) is 0 Å². The minimum Gasteiger partial charge on any atom is -0.459 e. The summed E-state index contributed by atoms with van der Waals surface area (Å²) in [6.07, 6.45) is 1.37. The second-order valence-corrected chi connectivity index (χ2v) is 4.00. The quantitative estimate of drug-likeness (QED) is 0.735. The Morgan fingerprint density at radius 2 is 1.85 bits per heavy atom. The van der Waals surface area contributed by atoms with E-state index in [9.17, 15) is 14.4 Å². The lowest BCUT2D eigenvalue weighted by Crippen LogP contribution is -2.43. The third kappa shape index (κ3) is 4.75. The number of carbonyl (C=O) groups is 3. The molecule has 0 aliphatic heterocycles. The Kier molecular flexibility index (Phi) is 6.28. The highest BCUT2D eigenvalue weighted by Gasteiger charge is 2.13. The number of carbonyl (C=O) groups excluding carboxylic acids is 3. The first kappa shape index (κ1) is 15.7. The summed E-state index contributed by atoms with van der Waals surface area (Å²) in [6.45, 7) is 4.66. The summed E-state index contributed by atoms with van der Waals surface area (Å²) in [4.78, 5) is 36.2. The largest absolute Gasteiger partial charge is 0.459 e. The fourth-order valence-electron chi connectivity index (χ4n) is 1.58. The second kappa shape index (κ2) is 7.98. The molecule has 0 fully saturated rings. The van der Waals surface area contributed by atoms with Gasteiger partial charge in [0.25, 0.3) is 5.91 Å².